The van der Waals surface area contributed by atoms with E-state index in [1.807, 2.05) is 12.1 Å². The first-order valence-electron chi connectivity index (χ1n) is 9.71. The zero-order chi connectivity index (χ0) is 18.3. The number of benzene rings is 1. The summed E-state index contributed by atoms with van der Waals surface area (Å²) in [6, 6.07) is 3.93. The van der Waals surface area contributed by atoms with Gasteiger partial charge in [-0.15, -0.1) is 0 Å². The first-order chi connectivity index (χ1) is 11.2. The average Bonchev–Trinajstić information content (AvgIpc) is 2.47. The Balaban J connectivity index is 2.64. The minimum atomic E-state index is 0.295. The maximum Gasteiger partial charge on any atom is 0.123 e. The van der Waals surface area contributed by atoms with E-state index >= 15 is 0 Å². The van der Waals surface area contributed by atoms with E-state index in [0.29, 0.717) is 23.5 Å². The standard InChI is InChI=1S/C22H38O2/c1-15(2)9-8-10-18(7)11-12-24-22-14-19(16(3)4)21(23)13-20(22)17(5)6/h13-18,23H,8-12H2,1-7H3. The van der Waals surface area contributed by atoms with Crippen molar-refractivity contribution in [3.8, 4) is 11.5 Å². The summed E-state index contributed by atoms with van der Waals surface area (Å²) in [6.45, 7) is 16.1. The van der Waals surface area contributed by atoms with Gasteiger partial charge in [-0.2, -0.15) is 0 Å². The molecule has 138 valence electrons. The number of phenols is 1. The van der Waals surface area contributed by atoms with E-state index in [1.165, 1.54) is 19.3 Å². The van der Waals surface area contributed by atoms with Crippen molar-refractivity contribution in [3.63, 3.8) is 0 Å². The molecule has 1 unspecified atom stereocenters. The van der Waals surface area contributed by atoms with Crippen LogP contribution in [-0.2, 0) is 0 Å². The van der Waals surface area contributed by atoms with Crippen LogP contribution in [0.25, 0.3) is 0 Å². The molecule has 1 atom stereocenters. The fourth-order valence-corrected chi connectivity index (χ4v) is 3.03. The second-order valence-electron chi connectivity index (χ2n) is 8.33. The second kappa shape index (κ2) is 9.96. The number of hydrogen-bond donors (Lipinski definition) is 1. The number of rotatable bonds is 10. The van der Waals surface area contributed by atoms with Crippen LogP contribution in [0.2, 0.25) is 0 Å². The lowest BCUT2D eigenvalue weighted by atomic mass is 9.95. The molecule has 0 aliphatic rings. The summed E-state index contributed by atoms with van der Waals surface area (Å²) in [7, 11) is 0. The predicted molar refractivity (Wildman–Crippen MR) is 104 cm³/mol. The van der Waals surface area contributed by atoms with E-state index in [4.69, 9.17) is 4.74 Å². The summed E-state index contributed by atoms with van der Waals surface area (Å²) in [5.74, 6) is 3.48. The molecule has 0 saturated heterocycles. The van der Waals surface area contributed by atoms with Crippen LogP contribution in [-0.4, -0.2) is 11.7 Å². The van der Waals surface area contributed by atoms with Gasteiger partial charge in [-0.1, -0.05) is 67.7 Å². The molecule has 0 bridgehead atoms. The second-order valence-corrected chi connectivity index (χ2v) is 8.33. The first-order valence-corrected chi connectivity index (χ1v) is 9.71. The molecule has 1 N–H and O–H groups in total. The van der Waals surface area contributed by atoms with Gasteiger partial charge in [0.25, 0.3) is 0 Å². The Kier molecular flexibility index (Phi) is 8.66. The van der Waals surface area contributed by atoms with E-state index in [0.717, 1.165) is 35.8 Å². The van der Waals surface area contributed by atoms with Crippen LogP contribution in [0.3, 0.4) is 0 Å². The Labute approximate surface area is 149 Å². The number of phenolic OH excluding ortho intramolecular Hbond substituents is 1. The fraction of sp³-hybridized carbons (Fsp3) is 0.727. The largest absolute Gasteiger partial charge is 0.508 e. The van der Waals surface area contributed by atoms with Crippen LogP contribution in [0.5, 0.6) is 11.5 Å². The summed E-state index contributed by atoms with van der Waals surface area (Å²) in [4.78, 5) is 0. The molecule has 0 aliphatic carbocycles. The van der Waals surface area contributed by atoms with Gasteiger partial charge < -0.3 is 9.84 Å². The normalized spacial score (nSPS) is 13.1. The summed E-state index contributed by atoms with van der Waals surface area (Å²) < 4.78 is 6.13. The van der Waals surface area contributed by atoms with Crippen LogP contribution in [0.1, 0.15) is 97.1 Å². The van der Waals surface area contributed by atoms with Crippen molar-refractivity contribution in [2.45, 2.75) is 86.0 Å². The van der Waals surface area contributed by atoms with Crippen molar-refractivity contribution >= 4 is 0 Å². The zero-order valence-electron chi connectivity index (χ0n) is 16.9. The highest BCUT2D eigenvalue weighted by molar-refractivity contribution is 5.48. The van der Waals surface area contributed by atoms with Crippen molar-refractivity contribution < 1.29 is 9.84 Å². The molecule has 1 rings (SSSR count). The molecule has 1 aromatic rings. The molecule has 0 amide bonds. The lowest BCUT2D eigenvalue weighted by molar-refractivity contribution is 0.272. The van der Waals surface area contributed by atoms with Gasteiger partial charge in [0.2, 0.25) is 0 Å². The van der Waals surface area contributed by atoms with Crippen molar-refractivity contribution in [2.75, 3.05) is 6.61 Å². The van der Waals surface area contributed by atoms with Crippen molar-refractivity contribution in [1.29, 1.82) is 0 Å². The predicted octanol–water partition coefficient (Wildman–Crippen LogP) is 6.87. The Hall–Kier alpha value is -1.18. The third-order valence-corrected chi connectivity index (χ3v) is 4.75. The Morgan fingerprint density at radius 2 is 1.46 bits per heavy atom. The molecule has 0 aromatic heterocycles. The van der Waals surface area contributed by atoms with Crippen LogP contribution in [0.15, 0.2) is 12.1 Å². The van der Waals surface area contributed by atoms with Gasteiger partial charge in [0.05, 0.1) is 6.61 Å². The van der Waals surface area contributed by atoms with Gasteiger partial charge in [0.1, 0.15) is 11.5 Å². The smallest absolute Gasteiger partial charge is 0.123 e. The van der Waals surface area contributed by atoms with Gasteiger partial charge in [-0.05, 0) is 42.2 Å². The minimum Gasteiger partial charge on any atom is -0.508 e. The highest BCUT2D eigenvalue weighted by atomic mass is 16.5. The molecule has 24 heavy (non-hydrogen) atoms. The van der Waals surface area contributed by atoms with Gasteiger partial charge in [0, 0.05) is 11.1 Å². The molecular weight excluding hydrogens is 296 g/mol. The van der Waals surface area contributed by atoms with E-state index in [1.54, 1.807) is 0 Å². The van der Waals surface area contributed by atoms with Crippen molar-refractivity contribution in [1.82, 2.24) is 0 Å². The first kappa shape index (κ1) is 20.9. The Bertz CT molecular complexity index is 489. The maximum atomic E-state index is 10.2. The molecule has 0 aliphatic heterocycles. The van der Waals surface area contributed by atoms with Crippen LogP contribution >= 0.6 is 0 Å². The Morgan fingerprint density at radius 3 is 2.00 bits per heavy atom. The molecule has 2 nitrogen and oxygen atoms in total. The summed E-state index contributed by atoms with van der Waals surface area (Å²) in [5.41, 5.74) is 2.07. The SMILES string of the molecule is CC(C)CCCC(C)CCOc1cc(C(C)C)c(O)cc1C(C)C. The van der Waals surface area contributed by atoms with E-state index in [2.05, 4.69) is 48.5 Å². The molecule has 2 heteroatoms. The lowest BCUT2D eigenvalue weighted by Crippen LogP contribution is -2.07. The molecular formula is C22H38O2. The maximum absolute atomic E-state index is 10.2. The monoisotopic (exact) mass is 334 g/mol. The van der Waals surface area contributed by atoms with E-state index < -0.39 is 0 Å². The molecule has 1 aromatic carbocycles. The molecule has 0 fully saturated rings. The highest BCUT2D eigenvalue weighted by Gasteiger charge is 2.15. The number of hydrogen-bond acceptors (Lipinski definition) is 2. The minimum absolute atomic E-state index is 0.295. The van der Waals surface area contributed by atoms with Crippen LogP contribution in [0.4, 0.5) is 0 Å². The van der Waals surface area contributed by atoms with Crippen LogP contribution < -0.4 is 4.74 Å². The van der Waals surface area contributed by atoms with Gasteiger partial charge in [-0.3, -0.25) is 0 Å². The van der Waals surface area contributed by atoms with E-state index in [-0.39, 0.29) is 0 Å². The third kappa shape index (κ3) is 6.75. The van der Waals surface area contributed by atoms with Gasteiger partial charge in [0.15, 0.2) is 0 Å². The number of aromatic hydroxyl groups is 1. The lowest BCUT2D eigenvalue weighted by Gasteiger charge is -2.19. The summed E-state index contributed by atoms with van der Waals surface area (Å²) in [6.07, 6.45) is 5.00. The van der Waals surface area contributed by atoms with Crippen LogP contribution in [0, 0.1) is 11.8 Å². The van der Waals surface area contributed by atoms with E-state index in [9.17, 15) is 5.11 Å². The Morgan fingerprint density at radius 1 is 0.833 bits per heavy atom. The number of ether oxygens (including phenoxy) is 1. The molecule has 0 spiro atoms. The molecule has 0 radical (unpaired) electrons. The molecule has 0 heterocycles. The summed E-state index contributed by atoms with van der Waals surface area (Å²) >= 11 is 0. The zero-order valence-corrected chi connectivity index (χ0v) is 16.9. The topological polar surface area (TPSA) is 29.5 Å². The fourth-order valence-electron chi connectivity index (χ4n) is 3.03. The van der Waals surface area contributed by atoms with Crippen molar-refractivity contribution in [2.24, 2.45) is 11.8 Å². The summed E-state index contributed by atoms with van der Waals surface area (Å²) in [5, 5.41) is 10.2. The quantitative estimate of drug-likeness (QED) is 0.506. The third-order valence-electron chi connectivity index (χ3n) is 4.75. The van der Waals surface area contributed by atoms with Gasteiger partial charge in [-0.25, -0.2) is 0 Å². The highest BCUT2D eigenvalue weighted by Crippen LogP contribution is 2.36. The average molecular weight is 335 g/mol. The molecule has 0 saturated carbocycles. The van der Waals surface area contributed by atoms with Crippen molar-refractivity contribution in [3.05, 3.63) is 23.3 Å². The van der Waals surface area contributed by atoms with Gasteiger partial charge >= 0.3 is 0 Å².